The van der Waals surface area contributed by atoms with Gasteiger partial charge in [-0.25, -0.2) is 4.98 Å². The quantitative estimate of drug-likeness (QED) is 0.710. The number of aromatic nitrogens is 3. The van der Waals surface area contributed by atoms with Crippen molar-refractivity contribution >= 4 is 40.7 Å². The minimum absolute atomic E-state index is 0.487. The summed E-state index contributed by atoms with van der Waals surface area (Å²) in [5.74, 6) is 1.19. The standard InChI is InChI=1S/C16H13Cl2N5/c17-13-4-3-12(8-14(13)18)22-15-5-7-20-16(23-15)21-10-11-2-1-6-19-9-11/h1-9H,10H2,(H2,20,21,22,23). The lowest BCUT2D eigenvalue weighted by molar-refractivity contribution is 1.04. The SMILES string of the molecule is Clc1ccc(Nc2ccnc(NCc3cccnc3)n2)cc1Cl. The molecule has 2 heterocycles. The van der Waals surface area contributed by atoms with Crippen molar-refractivity contribution in [3.63, 3.8) is 0 Å². The second-order valence-corrected chi connectivity index (χ2v) is 5.55. The Hall–Kier alpha value is -2.37. The number of halogens is 2. The fourth-order valence-electron chi connectivity index (χ4n) is 1.92. The number of rotatable bonds is 5. The van der Waals surface area contributed by atoms with E-state index in [1.165, 1.54) is 0 Å². The Balaban J connectivity index is 1.68. The van der Waals surface area contributed by atoms with Crippen molar-refractivity contribution in [1.29, 1.82) is 0 Å². The van der Waals surface area contributed by atoms with Crippen molar-refractivity contribution in [2.75, 3.05) is 10.6 Å². The molecule has 116 valence electrons. The van der Waals surface area contributed by atoms with E-state index in [-0.39, 0.29) is 0 Å². The number of hydrogen-bond acceptors (Lipinski definition) is 5. The zero-order valence-corrected chi connectivity index (χ0v) is 13.5. The van der Waals surface area contributed by atoms with Crippen LogP contribution in [0.4, 0.5) is 17.5 Å². The van der Waals surface area contributed by atoms with E-state index >= 15 is 0 Å². The molecular weight excluding hydrogens is 333 g/mol. The molecule has 0 saturated heterocycles. The van der Waals surface area contributed by atoms with Gasteiger partial charge in [0.25, 0.3) is 0 Å². The van der Waals surface area contributed by atoms with Gasteiger partial charge in [0.1, 0.15) is 5.82 Å². The van der Waals surface area contributed by atoms with Crippen molar-refractivity contribution in [3.8, 4) is 0 Å². The van der Waals surface area contributed by atoms with Gasteiger partial charge < -0.3 is 10.6 Å². The van der Waals surface area contributed by atoms with Crippen LogP contribution in [0, 0.1) is 0 Å². The van der Waals surface area contributed by atoms with E-state index in [2.05, 4.69) is 25.6 Å². The molecule has 7 heteroatoms. The van der Waals surface area contributed by atoms with E-state index in [1.54, 1.807) is 36.8 Å². The van der Waals surface area contributed by atoms with Crippen LogP contribution in [-0.2, 0) is 6.54 Å². The third kappa shape index (κ3) is 4.31. The molecule has 2 aromatic heterocycles. The van der Waals surface area contributed by atoms with Gasteiger partial charge in [-0.2, -0.15) is 4.98 Å². The molecule has 0 aliphatic heterocycles. The molecular formula is C16H13Cl2N5. The molecule has 1 aromatic carbocycles. The highest BCUT2D eigenvalue weighted by Crippen LogP contribution is 2.26. The van der Waals surface area contributed by atoms with Crippen LogP contribution in [0.25, 0.3) is 0 Å². The molecule has 3 aromatic rings. The maximum Gasteiger partial charge on any atom is 0.224 e. The molecule has 0 aliphatic rings. The Morgan fingerprint density at radius 3 is 2.70 bits per heavy atom. The average Bonchev–Trinajstić information content (AvgIpc) is 2.58. The Bertz CT molecular complexity index is 795. The Morgan fingerprint density at radius 1 is 1.00 bits per heavy atom. The van der Waals surface area contributed by atoms with E-state index in [9.17, 15) is 0 Å². The van der Waals surface area contributed by atoms with Gasteiger partial charge in [-0.05, 0) is 35.9 Å². The molecule has 2 N–H and O–H groups in total. The van der Waals surface area contributed by atoms with Crippen molar-refractivity contribution < 1.29 is 0 Å². The molecule has 0 bridgehead atoms. The van der Waals surface area contributed by atoms with Gasteiger partial charge in [0.05, 0.1) is 10.0 Å². The summed E-state index contributed by atoms with van der Waals surface area (Å²) in [6.07, 6.45) is 5.21. The van der Waals surface area contributed by atoms with Crippen LogP contribution >= 0.6 is 23.2 Å². The third-order valence-corrected chi connectivity index (χ3v) is 3.76. The molecule has 0 spiro atoms. The Kier molecular flexibility index (Phi) is 4.90. The number of hydrogen-bond donors (Lipinski definition) is 2. The maximum absolute atomic E-state index is 6.01. The summed E-state index contributed by atoms with van der Waals surface area (Å²) in [7, 11) is 0. The predicted molar refractivity (Wildman–Crippen MR) is 93.3 cm³/mol. The summed E-state index contributed by atoms with van der Waals surface area (Å²) in [6, 6.07) is 11.0. The first-order valence-electron chi connectivity index (χ1n) is 6.88. The van der Waals surface area contributed by atoms with Crippen LogP contribution in [-0.4, -0.2) is 15.0 Å². The molecule has 23 heavy (non-hydrogen) atoms. The fourth-order valence-corrected chi connectivity index (χ4v) is 2.22. The van der Waals surface area contributed by atoms with Crippen LogP contribution in [0.3, 0.4) is 0 Å². The van der Waals surface area contributed by atoms with Crippen LogP contribution < -0.4 is 10.6 Å². The van der Waals surface area contributed by atoms with Crippen molar-refractivity contribution in [1.82, 2.24) is 15.0 Å². The summed E-state index contributed by atoms with van der Waals surface area (Å²) in [6.45, 7) is 0.601. The molecule has 0 saturated carbocycles. The van der Waals surface area contributed by atoms with Crippen LogP contribution in [0.1, 0.15) is 5.56 Å². The monoisotopic (exact) mass is 345 g/mol. The van der Waals surface area contributed by atoms with Crippen molar-refractivity contribution in [3.05, 3.63) is 70.6 Å². The highest BCUT2D eigenvalue weighted by molar-refractivity contribution is 6.42. The van der Waals surface area contributed by atoms with Gasteiger partial charge in [0.15, 0.2) is 0 Å². The maximum atomic E-state index is 6.01. The molecule has 3 rings (SSSR count). The Morgan fingerprint density at radius 2 is 1.91 bits per heavy atom. The number of pyridine rings is 1. The van der Waals surface area contributed by atoms with E-state index in [4.69, 9.17) is 23.2 Å². The van der Waals surface area contributed by atoms with Gasteiger partial charge in [-0.3, -0.25) is 4.98 Å². The minimum Gasteiger partial charge on any atom is -0.350 e. The topological polar surface area (TPSA) is 62.7 Å². The largest absolute Gasteiger partial charge is 0.350 e. The summed E-state index contributed by atoms with van der Waals surface area (Å²) >= 11 is 11.9. The highest BCUT2D eigenvalue weighted by atomic mass is 35.5. The summed E-state index contributed by atoms with van der Waals surface area (Å²) in [5, 5.41) is 7.32. The van der Waals surface area contributed by atoms with Gasteiger partial charge in [0.2, 0.25) is 5.95 Å². The molecule has 0 unspecified atom stereocenters. The summed E-state index contributed by atoms with van der Waals surface area (Å²) < 4.78 is 0. The second kappa shape index (κ2) is 7.26. The third-order valence-electron chi connectivity index (χ3n) is 3.02. The number of nitrogens with zero attached hydrogens (tertiary/aromatic N) is 3. The first kappa shape index (κ1) is 15.5. The van der Waals surface area contributed by atoms with E-state index in [0.29, 0.717) is 28.4 Å². The first-order chi connectivity index (χ1) is 11.2. The number of benzene rings is 1. The summed E-state index contributed by atoms with van der Waals surface area (Å²) in [5.41, 5.74) is 1.86. The molecule has 0 atom stereocenters. The zero-order chi connectivity index (χ0) is 16.1. The molecule has 0 fully saturated rings. The van der Waals surface area contributed by atoms with Gasteiger partial charge in [-0.1, -0.05) is 29.3 Å². The number of anilines is 3. The highest BCUT2D eigenvalue weighted by Gasteiger charge is 2.03. The van der Waals surface area contributed by atoms with Crippen molar-refractivity contribution in [2.24, 2.45) is 0 Å². The lowest BCUT2D eigenvalue weighted by Gasteiger charge is -2.09. The first-order valence-corrected chi connectivity index (χ1v) is 7.64. The second-order valence-electron chi connectivity index (χ2n) is 4.73. The number of nitrogens with one attached hydrogen (secondary N) is 2. The lowest BCUT2D eigenvalue weighted by Crippen LogP contribution is -2.05. The molecule has 5 nitrogen and oxygen atoms in total. The minimum atomic E-state index is 0.487. The summed E-state index contributed by atoms with van der Waals surface area (Å²) in [4.78, 5) is 12.7. The zero-order valence-electron chi connectivity index (χ0n) is 12.0. The average molecular weight is 346 g/mol. The van der Waals surface area contributed by atoms with Crippen LogP contribution in [0.2, 0.25) is 10.0 Å². The van der Waals surface area contributed by atoms with Gasteiger partial charge in [-0.15, -0.1) is 0 Å². The van der Waals surface area contributed by atoms with E-state index in [1.807, 2.05) is 18.2 Å². The predicted octanol–water partition coefficient (Wildman–Crippen LogP) is 4.53. The molecule has 0 radical (unpaired) electrons. The van der Waals surface area contributed by atoms with E-state index < -0.39 is 0 Å². The van der Waals surface area contributed by atoms with Crippen molar-refractivity contribution in [2.45, 2.75) is 6.54 Å². The van der Waals surface area contributed by atoms with Gasteiger partial charge >= 0.3 is 0 Å². The van der Waals surface area contributed by atoms with Crippen LogP contribution in [0.5, 0.6) is 0 Å². The normalized spacial score (nSPS) is 10.3. The molecule has 0 amide bonds. The van der Waals surface area contributed by atoms with Crippen LogP contribution in [0.15, 0.2) is 55.0 Å². The fraction of sp³-hybridized carbons (Fsp3) is 0.0625. The molecule has 0 aliphatic carbocycles. The van der Waals surface area contributed by atoms with E-state index in [0.717, 1.165) is 11.3 Å². The smallest absolute Gasteiger partial charge is 0.224 e. The lowest BCUT2D eigenvalue weighted by atomic mass is 10.3. The Labute approximate surface area is 143 Å². The van der Waals surface area contributed by atoms with Gasteiger partial charge in [0, 0.05) is 30.8 Å².